The van der Waals surface area contributed by atoms with Crippen molar-refractivity contribution in [3.63, 3.8) is 0 Å². The third-order valence-corrected chi connectivity index (χ3v) is 9.90. The number of hydrogen-bond acceptors (Lipinski definition) is 6. The van der Waals surface area contributed by atoms with E-state index in [-0.39, 0.29) is 11.9 Å². The molecule has 0 radical (unpaired) electrons. The number of benzene rings is 4. The maximum atomic E-state index is 10.8. The number of aryl methyl sites for hydroxylation is 1. The van der Waals surface area contributed by atoms with E-state index < -0.39 is 0 Å². The van der Waals surface area contributed by atoms with E-state index in [1.807, 2.05) is 102 Å². The predicted octanol–water partition coefficient (Wildman–Crippen LogP) is 10.2. The third kappa shape index (κ3) is 6.75. The van der Waals surface area contributed by atoms with Crippen molar-refractivity contribution < 1.29 is 9.47 Å². The Balaban J connectivity index is 1.41. The van der Waals surface area contributed by atoms with Crippen molar-refractivity contribution in [1.82, 2.24) is 19.3 Å². The number of ether oxygens (including phenoxy) is 2. The van der Waals surface area contributed by atoms with E-state index in [4.69, 9.17) is 24.5 Å². The van der Waals surface area contributed by atoms with Crippen LogP contribution in [0.3, 0.4) is 0 Å². The van der Waals surface area contributed by atoms with Crippen molar-refractivity contribution in [3.05, 3.63) is 156 Å². The van der Waals surface area contributed by atoms with Crippen molar-refractivity contribution in [2.75, 3.05) is 6.61 Å². The Morgan fingerprint density at radius 3 is 2.26 bits per heavy atom. The molecule has 0 amide bonds. The Hall–Kier alpha value is -6.30. The van der Waals surface area contributed by atoms with Gasteiger partial charge in [0.15, 0.2) is 5.69 Å². The van der Waals surface area contributed by atoms with E-state index in [9.17, 15) is 5.26 Å². The van der Waals surface area contributed by atoms with Crippen molar-refractivity contribution in [2.24, 2.45) is 4.99 Å². The van der Waals surface area contributed by atoms with Gasteiger partial charge in [0, 0.05) is 58.7 Å². The molecule has 4 aromatic carbocycles. The van der Waals surface area contributed by atoms with Crippen LogP contribution in [0.2, 0.25) is 0 Å². The Bertz CT molecular complexity index is 2400. The Labute approximate surface area is 309 Å². The standard InChI is InChI=1S/C45H40N6O2/c1-3-50-29-37(35-27-47-51(28-35)40-24-13-14-25-52-40)42-41(36-22-15-23-39(31(36)2)53-30-32-16-7-4-8-17-32)44(38(26-46)48-45(42)50)49-43(33-18-9-5-10-19-33)34-20-11-6-12-21-34/h4-12,15-23,27-29,40H,3,13-14,24-25,30H2,1-2H3. The first-order chi connectivity index (χ1) is 26.1. The van der Waals surface area contributed by atoms with Crippen molar-refractivity contribution in [1.29, 1.82) is 5.26 Å². The van der Waals surface area contributed by atoms with Crippen LogP contribution in [0.1, 0.15) is 60.4 Å². The highest BCUT2D eigenvalue weighted by Gasteiger charge is 2.27. The first-order valence-corrected chi connectivity index (χ1v) is 18.2. The first kappa shape index (κ1) is 33.8. The summed E-state index contributed by atoms with van der Waals surface area (Å²) in [7, 11) is 0. The molecule has 1 atom stereocenters. The maximum absolute atomic E-state index is 10.8. The minimum Gasteiger partial charge on any atom is -0.489 e. The van der Waals surface area contributed by atoms with Crippen LogP contribution in [-0.2, 0) is 17.9 Å². The fraction of sp³-hybridized carbons (Fsp3) is 0.200. The average molecular weight is 697 g/mol. The van der Waals surface area contributed by atoms with Gasteiger partial charge in [-0.1, -0.05) is 103 Å². The summed E-state index contributed by atoms with van der Waals surface area (Å²) in [6.45, 7) is 5.99. The molecule has 0 N–H and O–H groups in total. The topological polar surface area (TPSA) is 90.2 Å². The highest BCUT2D eigenvalue weighted by atomic mass is 16.5. The van der Waals surface area contributed by atoms with Gasteiger partial charge < -0.3 is 14.0 Å². The molecular weight excluding hydrogens is 657 g/mol. The van der Waals surface area contributed by atoms with Gasteiger partial charge in [-0.3, -0.25) is 0 Å². The van der Waals surface area contributed by atoms with Crippen LogP contribution in [0.25, 0.3) is 33.3 Å². The lowest BCUT2D eigenvalue weighted by atomic mass is 9.92. The Kier molecular flexibility index (Phi) is 9.65. The third-order valence-electron chi connectivity index (χ3n) is 9.90. The number of nitrogens with zero attached hydrogens (tertiary/aromatic N) is 6. The second-order valence-electron chi connectivity index (χ2n) is 13.2. The smallest absolute Gasteiger partial charge is 0.169 e. The molecule has 1 aliphatic rings. The zero-order valence-corrected chi connectivity index (χ0v) is 29.9. The molecule has 7 aromatic rings. The van der Waals surface area contributed by atoms with E-state index in [0.717, 1.165) is 87.2 Å². The molecule has 0 saturated carbocycles. The lowest BCUT2D eigenvalue weighted by Gasteiger charge is -2.22. The number of fused-ring (bicyclic) bond motifs is 1. The zero-order valence-electron chi connectivity index (χ0n) is 29.9. The summed E-state index contributed by atoms with van der Waals surface area (Å²) >= 11 is 0. The Morgan fingerprint density at radius 2 is 1.60 bits per heavy atom. The van der Waals surface area contributed by atoms with Crippen molar-refractivity contribution >= 4 is 22.4 Å². The number of aromatic nitrogens is 4. The lowest BCUT2D eigenvalue weighted by molar-refractivity contribution is -0.0394. The number of hydrogen-bond donors (Lipinski definition) is 0. The molecule has 1 fully saturated rings. The van der Waals surface area contributed by atoms with Crippen LogP contribution >= 0.6 is 0 Å². The van der Waals surface area contributed by atoms with Crippen LogP contribution in [0.15, 0.2) is 133 Å². The van der Waals surface area contributed by atoms with E-state index >= 15 is 0 Å². The average Bonchev–Trinajstić information content (AvgIpc) is 3.86. The summed E-state index contributed by atoms with van der Waals surface area (Å²) in [4.78, 5) is 10.5. The van der Waals surface area contributed by atoms with Crippen LogP contribution in [0, 0.1) is 18.3 Å². The molecule has 1 aliphatic heterocycles. The van der Waals surface area contributed by atoms with E-state index in [2.05, 4.69) is 55.1 Å². The molecule has 4 heterocycles. The molecule has 8 heteroatoms. The minimum atomic E-state index is -0.0973. The molecule has 1 saturated heterocycles. The highest BCUT2D eigenvalue weighted by Crippen LogP contribution is 2.46. The van der Waals surface area contributed by atoms with Crippen LogP contribution in [-0.4, -0.2) is 31.7 Å². The minimum absolute atomic E-state index is 0.0973. The number of pyridine rings is 1. The molecule has 0 spiro atoms. The van der Waals surface area contributed by atoms with Gasteiger partial charge in [0.1, 0.15) is 36.0 Å². The van der Waals surface area contributed by atoms with Gasteiger partial charge in [0.05, 0.1) is 11.9 Å². The number of nitriles is 1. The molecular formula is C45H40N6O2. The highest BCUT2D eigenvalue weighted by molar-refractivity contribution is 6.16. The summed E-state index contributed by atoms with van der Waals surface area (Å²) in [5, 5.41) is 16.5. The summed E-state index contributed by atoms with van der Waals surface area (Å²) in [6.07, 6.45) is 9.10. The number of aliphatic imine (C=N–C) groups is 1. The monoisotopic (exact) mass is 696 g/mol. The normalized spacial score (nSPS) is 14.2. The van der Waals surface area contributed by atoms with Gasteiger partial charge in [0.25, 0.3) is 0 Å². The van der Waals surface area contributed by atoms with Gasteiger partial charge in [-0.15, -0.1) is 0 Å². The van der Waals surface area contributed by atoms with Crippen LogP contribution < -0.4 is 4.74 Å². The second kappa shape index (κ2) is 15.1. The molecule has 3 aromatic heterocycles. The largest absolute Gasteiger partial charge is 0.489 e. The molecule has 8 rings (SSSR count). The molecule has 0 aliphatic carbocycles. The molecule has 8 nitrogen and oxygen atoms in total. The van der Waals surface area contributed by atoms with E-state index in [0.29, 0.717) is 24.5 Å². The molecule has 0 bridgehead atoms. The predicted molar refractivity (Wildman–Crippen MR) is 209 cm³/mol. The van der Waals surface area contributed by atoms with Gasteiger partial charge in [0.2, 0.25) is 0 Å². The molecule has 53 heavy (non-hydrogen) atoms. The zero-order chi connectivity index (χ0) is 36.1. The quantitative estimate of drug-likeness (QED) is 0.133. The van der Waals surface area contributed by atoms with Gasteiger partial charge >= 0.3 is 0 Å². The number of rotatable bonds is 10. The fourth-order valence-corrected chi connectivity index (χ4v) is 7.16. The summed E-state index contributed by atoms with van der Waals surface area (Å²) < 4.78 is 16.6. The second-order valence-corrected chi connectivity index (χ2v) is 13.2. The van der Waals surface area contributed by atoms with E-state index in [1.54, 1.807) is 0 Å². The summed E-state index contributed by atoms with van der Waals surface area (Å²) in [6, 6.07) is 38.9. The SMILES string of the molecule is CCn1cc(-c2cnn(C3CCCCO3)c2)c2c(-c3cccc(OCc4ccccc4)c3C)c(N=C(c3ccccc3)c3ccccc3)c(C#N)nc21. The van der Waals surface area contributed by atoms with Gasteiger partial charge in [-0.25, -0.2) is 14.7 Å². The lowest BCUT2D eigenvalue weighted by Crippen LogP contribution is -2.18. The molecule has 262 valence electrons. The van der Waals surface area contributed by atoms with Gasteiger partial charge in [-0.05, 0) is 55.9 Å². The maximum Gasteiger partial charge on any atom is 0.169 e. The van der Waals surface area contributed by atoms with Crippen LogP contribution in [0.4, 0.5) is 5.69 Å². The van der Waals surface area contributed by atoms with Gasteiger partial charge in [-0.2, -0.15) is 10.4 Å². The summed E-state index contributed by atoms with van der Waals surface area (Å²) in [5.74, 6) is 0.759. The van der Waals surface area contributed by atoms with Crippen LogP contribution in [0.5, 0.6) is 5.75 Å². The van der Waals surface area contributed by atoms with Crippen molar-refractivity contribution in [2.45, 2.75) is 52.5 Å². The first-order valence-electron chi connectivity index (χ1n) is 18.2. The Morgan fingerprint density at radius 1 is 0.887 bits per heavy atom. The van der Waals surface area contributed by atoms with E-state index in [1.165, 1.54) is 0 Å². The fourth-order valence-electron chi connectivity index (χ4n) is 7.16. The summed E-state index contributed by atoms with van der Waals surface area (Å²) in [5.41, 5.74) is 9.75. The van der Waals surface area contributed by atoms with Crippen molar-refractivity contribution in [3.8, 4) is 34.1 Å². The molecule has 1 unspecified atom stereocenters.